The molecular formula is C19H23FN2O3S2. The van der Waals surface area contributed by atoms with Gasteiger partial charge < -0.3 is 4.90 Å². The Morgan fingerprint density at radius 1 is 1.26 bits per heavy atom. The molecule has 0 N–H and O–H groups in total. The van der Waals surface area contributed by atoms with Gasteiger partial charge in [-0.15, -0.1) is 17.9 Å². The first-order valence-corrected chi connectivity index (χ1v) is 10.9. The van der Waals surface area contributed by atoms with E-state index >= 15 is 0 Å². The Kier molecular flexibility index (Phi) is 7.29. The highest BCUT2D eigenvalue weighted by Crippen LogP contribution is 2.22. The fourth-order valence-electron chi connectivity index (χ4n) is 2.69. The fraction of sp³-hybridized carbons (Fsp3) is 0.316. The lowest BCUT2D eigenvalue weighted by atomic mass is 10.2. The van der Waals surface area contributed by atoms with E-state index < -0.39 is 20.7 Å². The molecule has 0 fully saturated rings. The minimum Gasteiger partial charge on any atom is -0.330 e. The number of carbonyl (C=O) groups is 1. The van der Waals surface area contributed by atoms with Gasteiger partial charge in [-0.1, -0.05) is 26.0 Å². The van der Waals surface area contributed by atoms with E-state index in [2.05, 4.69) is 6.58 Å². The molecule has 0 saturated carbocycles. The van der Waals surface area contributed by atoms with Gasteiger partial charge >= 0.3 is 0 Å². The van der Waals surface area contributed by atoms with Crippen molar-refractivity contribution in [1.29, 1.82) is 0 Å². The summed E-state index contributed by atoms with van der Waals surface area (Å²) < 4.78 is 40.8. The smallest absolute Gasteiger partial charge is 0.254 e. The summed E-state index contributed by atoms with van der Waals surface area (Å²) in [5.74, 6) is -1.24. The number of amides is 1. The number of hydrogen-bond donors (Lipinski definition) is 0. The molecule has 0 unspecified atom stereocenters. The van der Waals surface area contributed by atoms with Gasteiger partial charge in [0.05, 0.1) is 6.54 Å². The quantitative estimate of drug-likeness (QED) is 0.592. The van der Waals surface area contributed by atoms with E-state index in [1.807, 2.05) is 17.5 Å². The predicted octanol–water partition coefficient (Wildman–Crippen LogP) is 3.75. The summed E-state index contributed by atoms with van der Waals surface area (Å²) in [6.07, 6.45) is 1.60. The van der Waals surface area contributed by atoms with Gasteiger partial charge in [0.2, 0.25) is 10.0 Å². The van der Waals surface area contributed by atoms with Gasteiger partial charge in [-0.25, -0.2) is 12.8 Å². The fourth-order valence-corrected chi connectivity index (χ4v) is 4.95. The van der Waals surface area contributed by atoms with E-state index in [4.69, 9.17) is 0 Å². The maximum Gasteiger partial charge on any atom is 0.254 e. The SMILES string of the molecule is C=CCN(Cc1cccs1)C(=O)c1ccc(F)c(S(=O)(=O)N(CC)CC)c1. The Morgan fingerprint density at radius 2 is 1.96 bits per heavy atom. The van der Waals surface area contributed by atoms with Crippen molar-refractivity contribution in [3.05, 3.63) is 64.6 Å². The van der Waals surface area contributed by atoms with Crippen molar-refractivity contribution in [3.63, 3.8) is 0 Å². The molecular weight excluding hydrogens is 387 g/mol. The normalized spacial score (nSPS) is 11.6. The van der Waals surface area contributed by atoms with Gasteiger partial charge in [0.15, 0.2) is 0 Å². The van der Waals surface area contributed by atoms with Crippen LogP contribution < -0.4 is 0 Å². The Hall–Kier alpha value is -2.03. The van der Waals surface area contributed by atoms with E-state index in [1.165, 1.54) is 17.4 Å². The zero-order chi connectivity index (χ0) is 20.0. The Balaban J connectivity index is 2.40. The maximum absolute atomic E-state index is 14.3. The lowest BCUT2D eigenvalue weighted by molar-refractivity contribution is 0.0764. The van der Waals surface area contributed by atoms with Gasteiger partial charge in [0, 0.05) is 30.1 Å². The van der Waals surface area contributed by atoms with Crippen LogP contribution in [0.25, 0.3) is 0 Å². The molecule has 2 aromatic rings. The minimum atomic E-state index is -4.01. The summed E-state index contributed by atoms with van der Waals surface area (Å²) in [5, 5.41) is 1.92. The summed E-state index contributed by atoms with van der Waals surface area (Å²) in [7, 11) is -4.01. The lowest BCUT2D eigenvalue weighted by Crippen LogP contribution is -2.32. The molecule has 0 bridgehead atoms. The van der Waals surface area contributed by atoms with Crippen LogP contribution in [0.2, 0.25) is 0 Å². The van der Waals surface area contributed by atoms with Crippen LogP contribution in [0.15, 0.2) is 53.3 Å². The van der Waals surface area contributed by atoms with Crippen molar-refractivity contribution in [1.82, 2.24) is 9.21 Å². The van der Waals surface area contributed by atoms with Crippen LogP contribution in [0.3, 0.4) is 0 Å². The molecule has 2 rings (SSSR count). The van der Waals surface area contributed by atoms with Crippen molar-refractivity contribution < 1.29 is 17.6 Å². The third kappa shape index (κ3) is 4.82. The van der Waals surface area contributed by atoms with Crippen LogP contribution in [0.5, 0.6) is 0 Å². The Morgan fingerprint density at radius 3 is 2.52 bits per heavy atom. The van der Waals surface area contributed by atoms with Crippen molar-refractivity contribution in [2.75, 3.05) is 19.6 Å². The number of hydrogen-bond acceptors (Lipinski definition) is 4. The molecule has 0 aliphatic rings. The first kappa shape index (κ1) is 21.3. The zero-order valence-electron chi connectivity index (χ0n) is 15.4. The Bertz CT molecular complexity index is 892. The molecule has 1 aromatic heterocycles. The van der Waals surface area contributed by atoms with Crippen LogP contribution in [0, 0.1) is 5.82 Å². The predicted molar refractivity (Wildman–Crippen MR) is 106 cm³/mol. The molecule has 0 radical (unpaired) electrons. The van der Waals surface area contributed by atoms with E-state index in [-0.39, 0.29) is 24.6 Å². The monoisotopic (exact) mass is 410 g/mol. The zero-order valence-corrected chi connectivity index (χ0v) is 17.0. The van der Waals surface area contributed by atoms with Gasteiger partial charge in [-0.2, -0.15) is 4.31 Å². The second kappa shape index (κ2) is 9.25. The van der Waals surface area contributed by atoms with Crippen molar-refractivity contribution >= 4 is 27.3 Å². The van der Waals surface area contributed by atoms with Gasteiger partial charge in [0.1, 0.15) is 10.7 Å². The standard InChI is InChI=1S/C19H23FN2O3S2/c1-4-11-21(14-16-8-7-12-26-16)19(23)15-9-10-17(20)18(13-15)27(24,25)22(5-2)6-3/h4,7-10,12-13H,1,5-6,11,14H2,2-3H3. The minimum absolute atomic E-state index is 0.125. The van der Waals surface area contributed by atoms with Crippen molar-refractivity contribution in [3.8, 4) is 0 Å². The molecule has 1 amide bonds. The highest BCUT2D eigenvalue weighted by molar-refractivity contribution is 7.89. The highest BCUT2D eigenvalue weighted by atomic mass is 32.2. The van der Waals surface area contributed by atoms with E-state index in [0.29, 0.717) is 13.1 Å². The average Bonchev–Trinajstić information content (AvgIpc) is 3.15. The topological polar surface area (TPSA) is 57.7 Å². The molecule has 27 heavy (non-hydrogen) atoms. The van der Waals surface area contributed by atoms with Crippen LogP contribution >= 0.6 is 11.3 Å². The summed E-state index contributed by atoms with van der Waals surface area (Å²) >= 11 is 1.52. The van der Waals surface area contributed by atoms with Crippen LogP contribution in [0.4, 0.5) is 4.39 Å². The second-order valence-electron chi connectivity index (χ2n) is 5.79. The first-order chi connectivity index (χ1) is 12.8. The van der Waals surface area contributed by atoms with E-state index in [1.54, 1.807) is 24.8 Å². The number of sulfonamides is 1. The molecule has 1 aromatic carbocycles. The maximum atomic E-state index is 14.3. The van der Waals surface area contributed by atoms with Crippen LogP contribution in [-0.2, 0) is 16.6 Å². The van der Waals surface area contributed by atoms with Crippen LogP contribution in [0.1, 0.15) is 29.1 Å². The van der Waals surface area contributed by atoms with E-state index in [0.717, 1.165) is 21.3 Å². The Labute approximate surface area is 163 Å². The molecule has 5 nitrogen and oxygen atoms in total. The van der Waals surface area contributed by atoms with Crippen molar-refractivity contribution in [2.45, 2.75) is 25.3 Å². The summed E-state index contributed by atoms with van der Waals surface area (Å²) in [6.45, 7) is 8.14. The molecule has 0 aliphatic heterocycles. The summed E-state index contributed by atoms with van der Waals surface area (Å²) in [6, 6.07) is 7.26. The largest absolute Gasteiger partial charge is 0.330 e. The highest BCUT2D eigenvalue weighted by Gasteiger charge is 2.27. The number of benzene rings is 1. The molecule has 1 heterocycles. The summed E-state index contributed by atoms with van der Waals surface area (Å²) in [4.78, 5) is 15.0. The molecule has 0 atom stereocenters. The third-order valence-electron chi connectivity index (χ3n) is 4.06. The van der Waals surface area contributed by atoms with Gasteiger partial charge in [-0.3, -0.25) is 4.79 Å². The molecule has 0 aliphatic carbocycles. The first-order valence-electron chi connectivity index (χ1n) is 8.57. The molecule has 8 heteroatoms. The molecule has 0 saturated heterocycles. The number of carbonyl (C=O) groups excluding carboxylic acids is 1. The van der Waals surface area contributed by atoms with E-state index in [9.17, 15) is 17.6 Å². The number of thiophene rings is 1. The van der Waals surface area contributed by atoms with Crippen LogP contribution in [-0.4, -0.2) is 43.2 Å². The molecule has 146 valence electrons. The second-order valence-corrected chi connectivity index (χ2v) is 8.73. The summed E-state index contributed by atoms with van der Waals surface area (Å²) in [5.41, 5.74) is 0.125. The number of halogens is 1. The number of rotatable bonds is 9. The van der Waals surface area contributed by atoms with Crippen molar-refractivity contribution in [2.24, 2.45) is 0 Å². The third-order valence-corrected chi connectivity index (χ3v) is 6.99. The lowest BCUT2D eigenvalue weighted by Gasteiger charge is -2.22. The van der Waals surface area contributed by atoms with Gasteiger partial charge in [-0.05, 0) is 29.6 Å². The number of nitrogens with zero attached hydrogens (tertiary/aromatic N) is 2. The van der Waals surface area contributed by atoms with Gasteiger partial charge in [0.25, 0.3) is 5.91 Å². The average molecular weight is 411 g/mol. The molecule has 0 spiro atoms.